The largest absolute Gasteiger partial charge is 0.490 e. The number of ether oxygens (including phenoxy) is 1. The minimum absolute atomic E-state index is 0.171. The molecule has 1 aromatic carbocycles. The lowest BCUT2D eigenvalue weighted by Crippen LogP contribution is -2.26. The normalized spacial score (nSPS) is 13.9. The maximum absolute atomic E-state index is 13.3. The summed E-state index contributed by atoms with van der Waals surface area (Å²) in [5, 5.41) is 0. The van der Waals surface area contributed by atoms with Crippen molar-refractivity contribution in [3.05, 3.63) is 70.7 Å². The lowest BCUT2D eigenvalue weighted by molar-refractivity contribution is -0.137. The number of benzene rings is 1. The van der Waals surface area contributed by atoms with Gasteiger partial charge in [-0.1, -0.05) is 20.8 Å². The molecule has 1 atom stereocenters. The number of hydrogen-bond acceptors (Lipinski definition) is 3. The summed E-state index contributed by atoms with van der Waals surface area (Å²) in [5.74, 6) is -0.502. The molecule has 34 heavy (non-hydrogen) atoms. The average Bonchev–Trinajstić information content (AvgIpc) is 3.34. The van der Waals surface area contributed by atoms with Crippen molar-refractivity contribution < 1.29 is 31.5 Å². The molecule has 3 rings (SSSR count). The first kappa shape index (κ1) is 25.3. The second-order valence-electron chi connectivity index (χ2n) is 9.02. The fourth-order valence-electron chi connectivity index (χ4n) is 3.47. The number of carbonyl (C=O) groups excluding carboxylic acids is 1. The average molecular weight is 481 g/mol. The van der Waals surface area contributed by atoms with E-state index < -0.39 is 36.0 Å². The van der Waals surface area contributed by atoms with Crippen molar-refractivity contribution in [2.75, 3.05) is 6.61 Å². The van der Waals surface area contributed by atoms with Crippen LogP contribution in [0.2, 0.25) is 0 Å². The second kappa shape index (κ2) is 9.52. The third kappa shape index (κ3) is 5.78. The number of aromatic nitrogens is 2. The van der Waals surface area contributed by atoms with Crippen LogP contribution in [0.5, 0.6) is 5.75 Å². The summed E-state index contributed by atoms with van der Waals surface area (Å²) in [6.07, 6.45) is -4.53. The number of nitrogens with zero attached hydrogens (tertiary/aromatic N) is 3. The van der Waals surface area contributed by atoms with Gasteiger partial charge in [0, 0.05) is 24.2 Å². The van der Waals surface area contributed by atoms with Crippen LogP contribution in [0.25, 0.3) is 0 Å². The molecule has 0 aliphatic heterocycles. The first-order chi connectivity index (χ1) is 15.8. The Morgan fingerprint density at radius 1 is 1.18 bits per heavy atom. The molecular weight excluding hydrogens is 454 g/mol. The molecule has 0 saturated carbocycles. The van der Waals surface area contributed by atoms with E-state index in [1.54, 1.807) is 29.9 Å². The summed E-state index contributed by atoms with van der Waals surface area (Å²) in [6.45, 7) is 7.04. The molecule has 0 saturated heterocycles. The van der Waals surface area contributed by atoms with Gasteiger partial charge in [0.05, 0.1) is 23.9 Å². The van der Waals surface area contributed by atoms with Crippen LogP contribution < -0.4 is 10.2 Å². The van der Waals surface area contributed by atoms with E-state index in [9.17, 15) is 22.4 Å². The highest BCUT2D eigenvalue weighted by Crippen LogP contribution is 2.33. The van der Waals surface area contributed by atoms with Crippen molar-refractivity contribution in [1.82, 2.24) is 9.36 Å². The van der Waals surface area contributed by atoms with Crippen molar-refractivity contribution in [3.8, 4) is 5.75 Å². The molecule has 0 fully saturated rings. The fourth-order valence-corrected chi connectivity index (χ4v) is 3.47. The van der Waals surface area contributed by atoms with Crippen molar-refractivity contribution in [2.45, 2.75) is 52.0 Å². The van der Waals surface area contributed by atoms with Crippen LogP contribution in [0.15, 0.2) is 52.1 Å². The molecule has 3 aromatic rings. The quantitative estimate of drug-likeness (QED) is 0.451. The molecular formula is C24H27F4N3O3. The van der Waals surface area contributed by atoms with Gasteiger partial charge in [0.25, 0.3) is 5.91 Å². The van der Waals surface area contributed by atoms with Gasteiger partial charge in [-0.25, -0.2) is 4.39 Å². The SMILES string of the molecule is CC(F)COc1ccc(C(F)(F)F)cc1C(=O)N=c1cc(C(C)(C)C)n(C)n1Cc1ccco1. The van der Waals surface area contributed by atoms with E-state index in [1.807, 2.05) is 25.5 Å². The van der Waals surface area contributed by atoms with E-state index >= 15 is 0 Å². The monoisotopic (exact) mass is 481 g/mol. The van der Waals surface area contributed by atoms with E-state index in [1.165, 1.54) is 13.2 Å². The van der Waals surface area contributed by atoms with Crippen LogP contribution in [0.1, 0.15) is 55.1 Å². The number of furan rings is 1. The Bertz CT molecular complexity index is 1210. The minimum Gasteiger partial charge on any atom is -0.490 e. The Hall–Kier alpha value is -3.30. The maximum atomic E-state index is 13.3. The van der Waals surface area contributed by atoms with Crippen LogP contribution in [0, 0.1) is 0 Å². The van der Waals surface area contributed by atoms with Gasteiger partial charge in [-0.2, -0.15) is 18.2 Å². The van der Waals surface area contributed by atoms with Crippen LogP contribution in [-0.2, 0) is 25.2 Å². The van der Waals surface area contributed by atoms with Crippen molar-refractivity contribution in [3.63, 3.8) is 0 Å². The Morgan fingerprint density at radius 2 is 1.88 bits per heavy atom. The Morgan fingerprint density at radius 3 is 2.44 bits per heavy atom. The number of halogens is 4. The molecule has 0 aliphatic carbocycles. The van der Waals surface area contributed by atoms with Gasteiger partial charge in [-0.15, -0.1) is 0 Å². The molecule has 10 heteroatoms. The van der Waals surface area contributed by atoms with Gasteiger partial charge < -0.3 is 9.15 Å². The smallest absolute Gasteiger partial charge is 0.416 e. The van der Waals surface area contributed by atoms with E-state index in [-0.39, 0.29) is 23.2 Å². The van der Waals surface area contributed by atoms with Gasteiger partial charge in [-0.05, 0) is 37.3 Å². The highest BCUT2D eigenvalue weighted by Gasteiger charge is 2.32. The van der Waals surface area contributed by atoms with Crippen molar-refractivity contribution in [2.24, 2.45) is 12.0 Å². The first-order valence-corrected chi connectivity index (χ1v) is 10.6. The van der Waals surface area contributed by atoms with Crippen LogP contribution >= 0.6 is 0 Å². The highest BCUT2D eigenvalue weighted by molar-refractivity contribution is 5.97. The summed E-state index contributed by atoms with van der Waals surface area (Å²) < 4.78 is 67.4. The topological polar surface area (TPSA) is 61.7 Å². The third-order valence-electron chi connectivity index (χ3n) is 5.12. The summed E-state index contributed by atoms with van der Waals surface area (Å²) in [7, 11) is 1.80. The molecule has 1 unspecified atom stereocenters. The number of amides is 1. The van der Waals surface area contributed by atoms with E-state index in [4.69, 9.17) is 9.15 Å². The highest BCUT2D eigenvalue weighted by atomic mass is 19.4. The van der Waals surface area contributed by atoms with Gasteiger partial charge in [0.2, 0.25) is 0 Å². The molecule has 0 N–H and O–H groups in total. The molecule has 1 amide bonds. The molecule has 2 aromatic heterocycles. The molecule has 6 nitrogen and oxygen atoms in total. The third-order valence-corrected chi connectivity index (χ3v) is 5.12. The van der Waals surface area contributed by atoms with Gasteiger partial charge in [-0.3, -0.25) is 14.2 Å². The van der Waals surface area contributed by atoms with Gasteiger partial charge in [0.1, 0.15) is 24.3 Å². The van der Waals surface area contributed by atoms with Crippen LogP contribution in [0.4, 0.5) is 17.6 Å². The fraction of sp³-hybridized carbons (Fsp3) is 0.417. The molecule has 2 heterocycles. The summed E-state index contributed by atoms with van der Waals surface area (Å²) in [4.78, 5) is 17.3. The zero-order valence-corrected chi connectivity index (χ0v) is 19.6. The predicted octanol–water partition coefficient (Wildman–Crippen LogP) is 5.26. The molecule has 0 aliphatic rings. The molecule has 184 valence electrons. The Kier molecular flexibility index (Phi) is 7.09. The van der Waals surface area contributed by atoms with Crippen LogP contribution in [-0.4, -0.2) is 28.0 Å². The summed E-state index contributed by atoms with van der Waals surface area (Å²) in [5.41, 5.74) is -0.661. The van der Waals surface area contributed by atoms with Crippen molar-refractivity contribution >= 4 is 5.91 Å². The standard InChI is InChI=1S/C24H27F4N3O3/c1-15(25)14-34-19-9-8-16(24(26,27)28)11-18(19)22(32)29-21-12-20(23(2,3)4)30(5)31(21)13-17-7-6-10-33-17/h6-12,15H,13-14H2,1-5H3. The second-order valence-corrected chi connectivity index (χ2v) is 9.02. The van der Waals surface area contributed by atoms with Crippen LogP contribution in [0.3, 0.4) is 0 Å². The predicted molar refractivity (Wildman–Crippen MR) is 117 cm³/mol. The Balaban J connectivity index is 2.14. The number of carbonyl (C=O) groups is 1. The number of rotatable bonds is 6. The van der Waals surface area contributed by atoms with E-state index in [0.29, 0.717) is 11.8 Å². The zero-order chi connectivity index (χ0) is 25.3. The van der Waals surface area contributed by atoms with E-state index in [0.717, 1.165) is 17.8 Å². The maximum Gasteiger partial charge on any atom is 0.416 e. The molecule has 0 spiro atoms. The molecule has 0 radical (unpaired) electrons. The van der Waals surface area contributed by atoms with Gasteiger partial charge >= 0.3 is 6.18 Å². The van der Waals surface area contributed by atoms with Gasteiger partial charge in [0.15, 0.2) is 5.49 Å². The number of hydrogen-bond donors (Lipinski definition) is 0. The lowest BCUT2D eigenvalue weighted by Gasteiger charge is -2.20. The number of alkyl halides is 4. The van der Waals surface area contributed by atoms with Crippen molar-refractivity contribution in [1.29, 1.82) is 0 Å². The Labute approximate surface area is 194 Å². The molecule has 0 bridgehead atoms. The summed E-state index contributed by atoms with van der Waals surface area (Å²) >= 11 is 0. The van der Waals surface area contributed by atoms with E-state index in [2.05, 4.69) is 4.99 Å². The minimum atomic E-state index is -4.67. The first-order valence-electron chi connectivity index (χ1n) is 10.6. The lowest BCUT2D eigenvalue weighted by atomic mass is 9.92. The zero-order valence-electron chi connectivity index (χ0n) is 19.6. The summed E-state index contributed by atoms with van der Waals surface area (Å²) in [6, 6.07) is 7.67.